The molecule has 1 atom stereocenters. The molecule has 0 aliphatic rings. The van der Waals surface area contributed by atoms with E-state index < -0.39 is 16.6 Å². The van der Waals surface area contributed by atoms with Gasteiger partial charge in [0.25, 0.3) is 11.2 Å². The lowest BCUT2D eigenvalue weighted by Gasteiger charge is -2.08. The number of pyridine rings is 1. The van der Waals surface area contributed by atoms with Crippen LogP contribution in [-0.2, 0) is 6.54 Å². The van der Waals surface area contributed by atoms with E-state index in [1.54, 1.807) is 0 Å². The molecule has 0 saturated heterocycles. The molecule has 0 aliphatic heterocycles. The van der Waals surface area contributed by atoms with Crippen LogP contribution in [0.2, 0.25) is 0 Å². The number of hydrogen-bond acceptors (Lipinski definition) is 4. The monoisotopic (exact) mass is 232 g/mol. The minimum atomic E-state index is -0.897. The zero-order valence-corrected chi connectivity index (χ0v) is 8.42. The minimum Gasteiger partial charge on any atom is -0.390 e. The lowest BCUT2D eigenvalue weighted by molar-refractivity contribution is -0.385. The lowest BCUT2D eigenvalue weighted by Crippen LogP contribution is -2.26. The number of aliphatic hydroxyl groups is 1. The molecule has 0 spiro atoms. The highest BCUT2D eigenvalue weighted by atomic mass is 35.5. The molecule has 0 fully saturated rings. The number of rotatable bonds is 4. The fraction of sp³-hybridized carbons (Fsp3) is 0.375. The Morgan fingerprint density at radius 1 is 1.60 bits per heavy atom. The molecule has 0 amide bonds. The average molecular weight is 233 g/mol. The predicted octanol–water partition coefficient (Wildman–Crippen LogP) is 0.356. The normalized spacial score (nSPS) is 12.4. The molecule has 1 heterocycles. The minimum absolute atomic E-state index is 0.0326. The van der Waals surface area contributed by atoms with Gasteiger partial charge in [0.1, 0.15) is 0 Å². The summed E-state index contributed by atoms with van der Waals surface area (Å²) in [4.78, 5) is 21.0. The van der Waals surface area contributed by atoms with Gasteiger partial charge in [-0.15, -0.1) is 11.6 Å². The number of nitro groups is 1. The van der Waals surface area contributed by atoms with Gasteiger partial charge in [-0.05, 0) is 0 Å². The van der Waals surface area contributed by atoms with Gasteiger partial charge in [-0.1, -0.05) is 0 Å². The SMILES string of the molecule is O=c1ccc([N+](=O)[O-])cn1CC(O)CCl. The maximum absolute atomic E-state index is 11.2. The van der Waals surface area contributed by atoms with Gasteiger partial charge in [0.05, 0.1) is 29.6 Å². The highest BCUT2D eigenvalue weighted by molar-refractivity contribution is 6.18. The van der Waals surface area contributed by atoms with Crippen molar-refractivity contribution in [2.45, 2.75) is 12.6 Å². The Labute approximate surface area is 89.9 Å². The summed E-state index contributed by atoms with van der Waals surface area (Å²) in [7, 11) is 0. The largest absolute Gasteiger partial charge is 0.390 e. The standard InChI is InChI=1S/C8H9ClN2O4/c9-3-7(12)5-10-4-6(11(14)15)1-2-8(10)13/h1-2,4,7,12H,3,5H2. The van der Waals surface area contributed by atoms with Crippen LogP contribution in [0, 0.1) is 10.1 Å². The van der Waals surface area contributed by atoms with Crippen LogP contribution < -0.4 is 5.56 Å². The van der Waals surface area contributed by atoms with Crippen LogP contribution in [0.15, 0.2) is 23.1 Å². The third-order valence-corrected chi connectivity index (χ3v) is 2.12. The molecule has 0 aliphatic carbocycles. The van der Waals surface area contributed by atoms with E-state index in [1.165, 1.54) is 0 Å². The molecule has 1 unspecified atom stereocenters. The zero-order chi connectivity index (χ0) is 11.4. The van der Waals surface area contributed by atoms with Gasteiger partial charge in [0.15, 0.2) is 0 Å². The van der Waals surface area contributed by atoms with Gasteiger partial charge in [-0.25, -0.2) is 0 Å². The van der Waals surface area contributed by atoms with Crippen molar-refractivity contribution in [3.63, 3.8) is 0 Å². The summed E-state index contributed by atoms with van der Waals surface area (Å²) in [6.07, 6.45) is 0.185. The molecule has 82 valence electrons. The van der Waals surface area contributed by atoms with Crippen molar-refractivity contribution in [1.82, 2.24) is 4.57 Å². The Hall–Kier alpha value is -1.40. The Kier molecular flexibility index (Phi) is 3.81. The van der Waals surface area contributed by atoms with Gasteiger partial charge in [0.2, 0.25) is 0 Å². The van der Waals surface area contributed by atoms with E-state index in [2.05, 4.69) is 0 Å². The van der Waals surface area contributed by atoms with Crippen molar-refractivity contribution < 1.29 is 10.0 Å². The molecule has 0 bridgehead atoms. The number of halogens is 1. The topological polar surface area (TPSA) is 85.4 Å². The summed E-state index contributed by atoms with van der Waals surface area (Å²) in [5.41, 5.74) is -0.610. The number of aromatic nitrogens is 1. The van der Waals surface area contributed by atoms with Crippen LogP contribution >= 0.6 is 11.6 Å². The molecule has 1 rings (SSSR count). The van der Waals surface area contributed by atoms with Gasteiger partial charge in [-0.2, -0.15) is 0 Å². The van der Waals surface area contributed by atoms with Crippen LogP contribution in [0.5, 0.6) is 0 Å². The maximum Gasteiger partial charge on any atom is 0.285 e. The molecule has 0 saturated carbocycles. The molecule has 0 aromatic carbocycles. The van der Waals surface area contributed by atoms with Crippen molar-refractivity contribution in [2.24, 2.45) is 0 Å². The van der Waals surface area contributed by atoms with Gasteiger partial charge >= 0.3 is 0 Å². The Morgan fingerprint density at radius 2 is 2.27 bits per heavy atom. The second-order valence-electron chi connectivity index (χ2n) is 2.94. The molecule has 1 aromatic heterocycles. The first-order valence-corrected chi connectivity index (χ1v) is 4.67. The lowest BCUT2D eigenvalue weighted by atomic mass is 10.3. The highest BCUT2D eigenvalue weighted by Gasteiger charge is 2.10. The van der Waals surface area contributed by atoms with E-state index in [-0.39, 0.29) is 18.1 Å². The van der Waals surface area contributed by atoms with Crippen LogP contribution in [0.3, 0.4) is 0 Å². The number of nitrogens with zero attached hydrogens (tertiary/aromatic N) is 2. The van der Waals surface area contributed by atoms with Crippen molar-refractivity contribution in [1.29, 1.82) is 0 Å². The fourth-order valence-corrected chi connectivity index (χ4v) is 1.14. The highest BCUT2D eigenvalue weighted by Crippen LogP contribution is 2.06. The third kappa shape index (κ3) is 3.03. The third-order valence-electron chi connectivity index (χ3n) is 1.76. The summed E-state index contributed by atoms with van der Waals surface area (Å²) in [6.45, 7) is -0.0516. The molecule has 15 heavy (non-hydrogen) atoms. The van der Waals surface area contributed by atoms with Gasteiger partial charge in [0, 0.05) is 12.1 Å². The quantitative estimate of drug-likeness (QED) is 0.461. The molecule has 7 heteroatoms. The number of aliphatic hydroxyl groups excluding tert-OH is 1. The predicted molar refractivity (Wildman–Crippen MR) is 54.1 cm³/mol. The Balaban J connectivity index is 3.00. The summed E-state index contributed by atoms with van der Waals surface area (Å²) in [5.74, 6) is -0.0326. The second kappa shape index (κ2) is 4.90. The van der Waals surface area contributed by atoms with E-state index in [4.69, 9.17) is 11.6 Å². The van der Waals surface area contributed by atoms with Crippen LogP contribution in [0.4, 0.5) is 5.69 Å². The molecule has 1 N–H and O–H groups in total. The molecule has 6 nitrogen and oxygen atoms in total. The van der Waals surface area contributed by atoms with Crippen LogP contribution in [-0.4, -0.2) is 26.6 Å². The molecular formula is C8H9ClN2O4. The molecule has 1 aromatic rings. The Bertz CT molecular complexity index is 417. The van der Waals surface area contributed by atoms with Crippen LogP contribution in [0.25, 0.3) is 0 Å². The van der Waals surface area contributed by atoms with Crippen molar-refractivity contribution >= 4 is 17.3 Å². The van der Waals surface area contributed by atoms with Crippen LogP contribution in [0.1, 0.15) is 0 Å². The average Bonchev–Trinajstić information content (AvgIpc) is 2.20. The van der Waals surface area contributed by atoms with Crippen molar-refractivity contribution in [3.05, 3.63) is 38.8 Å². The molecular weight excluding hydrogens is 224 g/mol. The Morgan fingerprint density at radius 3 is 2.80 bits per heavy atom. The van der Waals surface area contributed by atoms with Gasteiger partial charge in [-0.3, -0.25) is 14.9 Å². The van der Waals surface area contributed by atoms with E-state index in [0.29, 0.717) is 0 Å². The first-order chi connectivity index (χ1) is 7.04. The smallest absolute Gasteiger partial charge is 0.285 e. The van der Waals surface area contributed by atoms with E-state index >= 15 is 0 Å². The first-order valence-electron chi connectivity index (χ1n) is 4.13. The second-order valence-corrected chi connectivity index (χ2v) is 3.25. The van der Waals surface area contributed by atoms with Crippen molar-refractivity contribution in [2.75, 3.05) is 5.88 Å². The number of alkyl halides is 1. The van der Waals surface area contributed by atoms with Gasteiger partial charge < -0.3 is 9.67 Å². The summed E-state index contributed by atoms with van der Waals surface area (Å²) < 4.78 is 1.06. The summed E-state index contributed by atoms with van der Waals surface area (Å²) in [6, 6.07) is 2.20. The summed E-state index contributed by atoms with van der Waals surface area (Å²) >= 11 is 5.36. The van der Waals surface area contributed by atoms with Crippen molar-refractivity contribution in [3.8, 4) is 0 Å². The fourth-order valence-electron chi connectivity index (χ4n) is 1.05. The zero-order valence-electron chi connectivity index (χ0n) is 7.67. The summed E-state index contributed by atoms with van der Waals surface area (Å²) in [5, 5.41) is 19.6. The van der Waals surface area contributed by atoms with E-state index in [1.807, 2.05) is 0 Å². The van der Waals surface area contributed by atoms with E-state index in [9.17, 15) is 20.0 Å². The molecule has 0 radical (unpaired) electrons. The van der Waals surface area contributed by atoms with E-state index in [0.717, 1.165) is 22.9 Å². The maximum atomic E-state index is 11.2. The first kappa shape index (κ1) is 11.7. The number of hydrogen-bond donors (Lipinski definition) is 1.